The first-order valence-electron chi connectivity index (χ1n) is 5.52. The normalized spacial score (nSPS) is 19.5. The van der Waals surface area contributed by atoms with Crippen LogP contribution < -0.4 is 21.2 Å². The fourth-order valence-corrected chi connectivity index (χ4v) is 6.47. The molecule has 0 aliphatic carbocycles. The molecular weight excluding hydrogens is 407 g/mol. The molecule has 0 nitrogen and oxygen atoms in total. The second-order valence-electron chi connectivity index (χ2n) is 4.22. The molecule has 0 saturated carbocycles. The van der Waals surface area contributed by atoms with Crippen molar-refractivity contribution in [3.8, 4) is 0 Å². The summed E-state index contributed by atoms with van der Waals surface area (Å²) >= 11 is 6.21. The number of alkyl halides is 2. The molecule has 1 unspecified atom stereocenters. The molecule has 0 bridgehead atoms. The molecule has 0 radical (unpaired) electrons. The van der Waals surface area contributed by atoms with E-state index in [-0.39, 0.29) is 0 Å². The third-order valence-corrected chi connectivity index (χ3v) is 7.58. The van der Waals surface area contributed by atoms with E-state index in [9.17, 15) is 0 Å². The van der Waals surface area contributed by atoms with Crippen molar-refractivity contribution in [1.29, 1.82) is 0 Å². The van der Waals surface area contributed by atoms with E-state index in [0.29, 0.717) is 21.2 Å². The predicted octanol–water partition coefficient (Wildman–Crippen LogP) is 1.96. The van der Waals surface area contributed by atoms with Gasteiger partial charge in [0.2, 0.25) is 0 Å². The average molecular weight is 416 g/mol. The van der Waals surface area contributed by atoms with Crippen LogP contribution in [0.25, 0.3) is 20.2 Å². The van der Waals surface area contributed by atoms with E-state index >= 15 is 0 Å². The summed E-state index contributed by atoms with van der Waals surface area (Å²) in [4.78, 5) is 0. The predicted molar refractivity (Wildman–Crippen MR) is 74.6 cm³/mol. The molecule has 1 atom stereocenters. The Bertz CT molecular complexity index is 727. The zero-order valence-corrected chi connectivity index (χ0v) is 13.5. The van der Waals surface area contributed by atoms with Crippen molar-refractivity contribution < 1.29 is 21.2 Å². The zero-order valence-electron chi connectivity index (χ0n) is 8.91. The SMILES string of the molecule is Brc1c(C2C[I-]2)ccc2sc3ccccc3c12. The first-order valence-corrected chi connectivity index (χ1v) is 9.90. The molecule has 86 valence electrons. The number of thiophene rings is 1. The van der Waals surface area contributed by atoms with Crippen LogP contribution in [0.3, 0.4) is 0 Å². The zero-order chi connectivity index (χ0) is 11.4. The van der Waals surface area contributed by atoms with Gasteiger partial charge < -0.3 is 0 Å². The summed E-state index contributed by atoms with van der Waals surface area (Å²) in [5, 5.41) is 2.83. The van der Waals surface area contributed by atoms with Crippen LogP contribution in [0.2, 0.25) is 0 Å². The Morgan fingerprint density at radius 2 is 1.94 bits per heavy atom. The van der Waals surface area contributed by atoms with Gasteiger partial charge in [0.05, 0.1) is 0 Å². The van der Waals surface area contributed by atoms with Crippen LogP contribution in [0.5, 0.6) is 0 Å². The molecule has 0 amide bonds. The first-order chi connectivity index (χ1) is 8.34. The second kappa shape index (κ2) is 3.93. The van der Waals surface area contributed by atoms with E-state index in [0.717, 1.165) is 3.92 Å². The molecule has 1 aliphatic heterocycles. The van der Waals surface area contributed by atoms with Crippen molar-refractivity contribution in [2.24, 2.45) is 0 Å². The van der Waals surface area contributed by atoms with Crippen molar-refractivity contribution in [2.45, 2.75) is 3.92 Å². The van der Waals surface area contributed by atoms with E-state index < -0.39 is 0 Å². The Balaban J connectivity index is 2.16. The fourth-order valence-electron chi connectivity index (χ4n) is 2.24. The summed E-state index contributed by atoms with van der Waals surface area (Å²) in [6.07, 6.45) is 0. The maximum absolute atomic E-state index is 3.85. The van der Waals surface area contributed by atoms with Crippen molar-refractivity contribution in [3.63, 3.8) is 0 Å². The van der Waals surface area contributed by atoms with E-state index in [1.165, 1.54) is 29.1 Å². The van der Waals surface area contributed by atoms with Crippen LogP contribution in [-0.2, 0) is 0 Å². The average Bonchev–Trinajstić information content (AvgIpc) is 3.10. The standard InChI is InChI=1S/C14H9BrIS/c15-14-8(10-7-16-10)5-6-12-13(14)9-3-1-2-4-11(9)17-12/h1-6,10H,7H2/q-1. The minimum atomic E-state index is 0.466. The molecule has 1 fully saturated rings. The number of fused-ring (bicyclic) bond motifs is 3. The van der Waals surface area contributed by atoms with Crippen molar-refractivity contribution in [3.05, 3.63) is 46.4 Å². The van der Waals surface area contributed by atoms with Gasteiger partial charge in [-0.05, 0) is 0 Å². The molecule has 4 rings (SSSR count). The van der Waals surface area contributed by atoms with E-state index in [4.69, 9.17) is 0 Å². The Hall–Kier alpha value is -0.130. The van der Waals surface area contributed by atoms with Gasteiger partial charge in [-0.25, -0.2) is 0 Å². The number of benzene rings is 2. The number of rotatable bonds is 1. The summed E-state index contributed by atoms with van der Waals surface area (Å²) in [5.74, 6) is 0. The van der Waals surface area contributed by atoms with Crippen LogP contribution in [0.1, 0.15) is 9.49 Å². The van der Waals surface area contributed by atoms with Gasteiger partial charge in [0.1, 0.15) is 0 Å². The Kier molecular flexibility index (Phi) is 2.49. The Labute approximate surface area is 122 Å². The second-order valence-corrected chi connectivity index (χ2v) is 9.36. The van der Waals surface area contributed by atoms with Crippen LogP contribution in [0, 0.1) is 0 Å². The summed E-state index contributed by atoms with van der Waals surface area (Å²) in [5.41, 5.74) is 1.55. The van der Waals surface area contributed by atoms with Gasteiger partial charge in [-0.15, -0.1) is 0 Å². The quantitative estimate of drug-likeness (QED) is 0.421. The van der Waals surface area contributed by atoms with Crippen LogP contribution in [0.15, 0.2) is 40.9 Å². The third-order valence-electron chi connectivity index (χ3n) is 3.16. The maximum atomic E-state index is 3.85. The molecule has 2 aromatic carbocycles. The topological polar surface area (TPSA) is 0 Å². The van der Waals surface area contributed by atoms with Gasteiger partial charge >= 0.3 is 123 Å². The molecule has 0 N–H and O–H groups in total. The molecule has 1 saturated heterocycles. The summed E-state index contributed by atoms with van der Waals surface area (Å²) in [6, 6.07) is 13.4. The number of hydrogen-bond donors (Lipinski definition) is 0. The molecule has 1 aromatic heterocycles. The number of halogens is 2. The molecule has 3 aromatic rings. The van der Waals surface area contributed by atoms with E-state index in [1.54, 1.807) is 5.56 Å². The van der Waals surface area contributed by atoms with Crippen LogP contribution >= 0.6 is 27.3 Å². The molecule has 3 heteroatoms. The van der Waals surface area contributed by atoms with E-state index in [2.05, 4.69) is 52.3 Å². The van der Waals surface area contributed by atoms with Crippen LogP contribution in [0.4, 0.5) is 0 Å². The van der Waals surface area contributed by atoms with Crippen molar-refractivity contribution in [1.82, 2.24) is 0 Å². The monoisotopic (exact) mass is 415 g/mol. The van der Waals surface area contributed by atoms with Crippen molar-refractivity contribution in [2.75, 3.05) is 4.43 Å². The summed E-state index contributed by atoms with van der Waals surface area (Å²) in [7, 11) is 0. The first kappa shape index (κ1) is 10.8. The van der Waals surface area contributed by atoms with Gasteiger partial charge in [-0.3, -0.25) is 0 Å². The van der Waals surface area contributed by atoms with Gasteiger partial charge in [0.15, 0.2) is 0 Å². The molecule has 17 heavy (non-hydrogen) atoms. The van der Waals surface area contributed by atoms with Gasteiger partial charge in [0, 0.05) is 0 Å². The minimum absolute atomic E-state index is 0.466. The third kappa shape index (κ3) is 1.66. The fraction of sp³-hybridized carbons (Fsp3) is 0.143. The molecule has 0 spiro atoms. The van der Waals surface area contributed by atoms with Crippen LogP contribution in [-0.4, -0.2) is 4.43 Å². The van der Waals surface area contributed by atoms with Crippen molar-refractivity contribution >= 4 is 47.4 Å². The summed E-state index contributed by atoms with van der Waals surface area (Å²) in [6.45, 7) is 0. The molecule has 1 aliphatic rings. The van der Waals surface area contributed by atoms with Gasteiger partial charge in [0.25, 0.3) is 0 Å². The van der Waals surface area contributed by atoms with Gasteiger partial charge in [-0.2, -0.15) is 0 Å². The molecular formula is C14H9BrIS-. The Morgan fingerprint density at radius 3 is 2.76 bits per heavy atom. The summed E-state index contributed by atoms with van der Waals surface area (Å²) < 4.78 is 6.53. The molecule has 2 heterocycles. The Morgan fingerprint density at radius 1 is 1.12 bits per heavy atom. The number of hydrogen-bond acceptors (Lipinski definition) is 1. The van der Waals surface area contributed by atoms with E-state index in [1.807, 2.05) is 11.3 Å². The van der Waals surface area contributed by atoms with Gasteiger partial charge in [-0.1, -0.05) is 0 Å².